The maximum atomic E-state index is 14.9. The van der Waals surface area contributed by atoms with E-state index >= 15 is 0 Å². The van der Waals surface area contributed by atoms with Gasteiger partial charge in [0.25, 0.3) is 0 Å². The lowest BCUT2D eigenvalue weighted by atomic mass is 10.1. The molecule has 0 saturated carbocycles. The van der Waals surface area contributed by atoms with Crippen LogP contribution in [0.2, 0.25) is 0 Å². The molecule has 6 rings (SSSR count). The first-order valence-corrected chi connectivity index (χ1v) is 24.3. The molecule has 8 N–H and O–H groups in total. The van der Waals surface area contributed by atoms with Crippen LogP contribution >= 0.6 is 0 Å². The zero-order valence-corrected chi connectivity index (χ0v) is 44.1. The summed E-state index contributed by atoms with van der Waals surface area (Å²) in [6, 6.07) is 12.1. The van der Waals surface area contributed by atoms with Gasteiger partial charge in [0.15, 0.2) is 0 Å². The van der Waals surface area contributed by atoms with Gasteiger partial charge in [0.05, 0.1) is 24.5 Å². The van der Waals surface area contributed by atoms with Gasteiger partial charge in [0.2, 0.25) is 0 Å². The summed E-state index contributed by atoms with van der Waals surface area (Å²) in [5.74, 6) is -10.3. The van der Waals surface area contributed by atoms with Crippen molar-refractivity contribution >= 4 is 59.3 Å². The molecule has 4 aromatic carbocycles. The number of esters is 1. The number of primary amides is 2. The fraction of sp³-hybridized carbons (Fsp3) is 0.259. The lowest BCUT2D eigenvalue weighted by Gasteiger charge is -2.24. The second kappa shape index (κ2) is 28.5. The Morgan fingerprint density at radius 3 is 1.35 bits per heavy atom. The molecule has 6 aromatic rings. The predicted molar refractivity (Wildman–Crippen MR) is 278 cm³/mol. The van der Waals surface area contributed by atoms with Crippen molar-refractivity contribution < 1.29 is 87.9 Å². The smallest absolute Gasteiger partial charge is 0.408 e. The van der Waals surface area contributed by atoms with Gasteiger partial charge in [0, 0.05) is 40.9 Å². The number of ether oxygens (including phenoxy) is 4. The summed E-state index contributed by atoms with van der Waals surface area (Å²) in [4.78, 5) is 82.4. The number of pyridine rings is 2. The van der Waals surface area contributed by atoms with Gasteiger partial charge in [-0.15, -0.1) is 0 Å². The van der Waals surface area contributed by atoms with E-state index in [0.717, 1.165) is 72.8 Å². The van der Waals surface area contributed by atoms with Crippen molar-refractivity contribution in [1.29, 1.82) is 0 Å². The van der Waals surface area contributed by atoms with Gasteiger partial charge in [0.1, 0.15) is 101 Å². The summed E-state index contributed by atoms with van der Waals surface area (Å²) < 4.78 is 135. The number of halogens is 8. The lowest BCUT2D eigenvalue weighted by molar-refractivity contribution is -0.147. The number of nitrogens with two attached hydrogens (primary N) is 2. The van der Waals surface area contributed by atoms with Gasteiger partial charge in [-0.2, -0.15) is 0 Å². The molecule has 436 valence electrons. The molecular formula is C54H53F8N9O11. The van der Waals surface area contributed by atoms with Gasteiger partial charge in [-0.05, 0) is 99.5 Å². The van der Waals surface area contributed by atoms with E-state index in [1.807, 2.05) is 0 Å². The van der Waals surface area contributed by atoms with E-state index < -0.39 is 125 Å². The number of benzene rings is 4. The highest BCUT2D eigenvalue weighted by Crippen LogP contribution is 2.36. The van der Waals surface area contributed by atoms with E-state index in [1.165, 1.54) is 12.1 Å². The maximum absolute atomic E-state index is 14.9. The molecule has 28 heteroatoms. The van der Waals surface area contributed by atoms with Crippen LogP contribution < -0.4 is 37.2 Å². The van der Waals surface area contributed by atoms with E-state index in [-0.39, 0.29) is 71.7 Å². The summed E-state index contributed by atoms with van der Waals surface area (Å²) in [6.45, 7) is 6.53. The Labute approximate surface area is 462 Å². The molecule has 0 unspecified atom stereocenters. The standard InChI is InChI=1S/C32H35F4N5O7.C22H18F4N4O4/c1-17(2)25(40-31(45)48-32(3,4)5)28(42)46-14-13-38-30(44)47-16-18-9-12-24(39-26(18)20-11-10-19(33)15-23(20)36)41(29(37)43)27-21(34)7-6-8-22(27)35;23-13-5-6-14(17(26)10-13)19-12(11-34-22(33)28-8-9-31)4-7-18(29-19)30(21(27)32)20-15(24)2-1-3-16(20)25/h6-12,15,17,25H,13-14,16H2,1-5H3,(H2,37,43)(H,38,44)(H,40,45);1-7,10,31H,8-9,11H2,(H2,27,32)(H,28,33)/t25-;/m0./s1. The van der Waals surface area contributed by atoms with E-state index in [2.05, 4.69) is 25.9 Å². The van der Waals surface area contributed by atoms with E-state index in [1.54, 1.807) is 34.6 Å². The van der Waals surface area contributed by atoms with E-state index in [4.69, 9.17) is 35.5 Å². The number of anilines is 4. The third kappa shape index (κ3) is 17.2. The average molecular weight is 1160 g/mol. The molecule has 82 heavy (non-hydrogen) atoms. The number of aromatic nitrogens is 2. The molecule has 0 saturated heterocycles. The van der Waals surface area contributed by atoms with Crippen molar-refractivity contribution in [2.75, 3.05) is 36.1 Å². The molecule has 1 atom stereocenters. The Morgan fingerprint density at radius 2 is 0.988 bits per heavy atom. The minimum absolute atomic E-state index is 0.0530. The first kappa shape index (κ1) is 63.2. The van der Waals surface area contributed by atoms with Crippen LogP contribution in [0.1, 0.15) is 45.7 Å². The van der Waals surface area contributed by atoms with Crippen molar-refractivity contribution in [3.05, 3.63) is 155 Å². The number of urea groups is 2. The SMILES string of the molecule is CC(C)[C@H](NC(=O)OC(C)(C)C)C(=O)OCCNC(=O)OCc1ccc(N(C(N)=O)c2c(F)cccc2F)nc1-c1ccc(F)cc1F.NC(=O)N(c1ccc(COC(=O)NCCO)c(-c2ccc(F)cc2F)n1)c1c(F)cccc1F. The van der Waals surface area contributed by atoms with Crippen LogP contribution in [-0.2, 0) is 37.0 Å². The lowest BCUT2D eigenvalue weighted by Crippen LogP contribution is -2.47. The summed E-state index contributed by atoms with van der Waals surface area (Å²) in [7, 11) is 0. The highest BCUT2D eigenvalue weighted by molar-refractivity contribution is 5.99. The molecule has 2 heterocycles. The van der Waals surface area contributed by atoms with Crippen molar-refractivity contribution in [2.24, 2.45) is 17.4 Å². The summed E-state index contributed by atoms with van der Waals surface area (Å²) >= 11 is 0. The highest BCUT2D eigenvalue weighted by atomic mass is 19.2. The van der Waals surface area contributed by atoms with Crippen LogP contribution in [0.25, 0.3) is 22.5 Å². The van der Waals surface area contributed by atoms with Crippen LogP contribution in [0.15, 0.2) is 97.1 Å². The minimum Gasteiger partial charge on any atom is -0.462 e. The molecule has 7 amide bonds. The number of aliphatic hydroxyl groups is 1. The van der Waals surface area contributed by atoms with Gasteiger partial charge in [-0.3, -0.25) is 0 Å². The van der Waals surface area contributed by atoms with Gasteiger partial charge in [-0.25, -0.2) is 83.7 Å². The highest BCUT2D eigenvalue weighted by Gasteiger charge is 2.30. The fourth-order valence-electron chi connectivity index (χ4n) is 7.22. The second-order valence-electron chi connectivity index (χ2n) is 18.4. The summed E-state index contributed by atoms with van der Waals surface area (Å²) in [5.41, 5.74) is 7.53. The number of hydrogen-bond acceptors (Lipinski definition) is 13. The molecule has 0 radical (unpaired) electrons. The van der Waals surface area contributed by atoms with Crippen LogP contribution in [0.4, 0.5) is 82.1 Å². The Kier molecular flexibility index (Phi) is 22.0. The molecule has 0 aliphatic carbocycles. The number of carbonyl (C=O) groups is 6. The monoisotopic (exact) mass is 1160 g/mol. The molecular weight excluding hydrogens is 1100 g/mol. The Hall–Kier alpha value is -9.60. The van der Waals surface area contributed by atoms with Crippen LogP contribution in [-0.4, -0.2) is 89.3 Å². The predicted octanol–water partition coefficient (Wildman–Crippen LogP) is 9.58. The average Bonchev–Trinajstić information content (AvgIpc) is 2.41. The molecule has 0 aliphatic heterocycles. The van der Waals surface area contributed by atoms with Crippen LogP contribution in [0.3, 0.4) is 0 Å². The number of rotatable bonds is 18. The number of hydrogen-bond donors (Lipinski definition) is 6. The number of nitrogens with one attached hydrogen (secondary N) is 3. The Morgan fingerprint density at radius 1 is 0.573 bits per heavy atom. The quantitative estimate of drug-likeness (QED) is 0.0203. The van der Waals surface area contributed by atoms with Crippen molar-refractivity contribution in [2.45, 2.75) is 59.5 Å². The number of aliphatic hydroxyl groups excluding tert-OH is 1. The number of alkyl carbamates (subject to hydrolysis) is 3. The molecule has 0 fully saturated rings. The molecule has 20 nitrogen and oxygen atoms in total. The number of carbonyl (C=O) groups excluding carboxylic acids is 6. The first-order valence-electron chi connectivity index (χ1n) is 24.3. The minimum atomic E-state index is -1.32. The molecule has 2 aromatic heterocycles. The topological polar surface area (TPSA) is 280 Å². The summed E-state index contributed by atoms with van der Waals surface area (Å²) in [6.07, 6.45) is -2.68. The van der Waals surface area contributed by atoms with Gasteiger partial charge in [-0.1, -0.05) is 26.0 Å². The van der Waals surface area contributed by atoms with Gasteiger partial charge >= 0.3 is 36.3 Å². The van der Waals surface area contributed by atoms with Crippen molar-refractivity contribution in [3.8, 4) is 22.5 Å². The van der Waals surface area contributed by atoms with Crippen LogP contribution in [0, 0.1) is 52.5 Å². The van der Waals surface area contributed by atoms with Crippen molar-refractivity contribution in [1.82, 2.24) is 25.9 Å². The zero-order chi connectivity index (χ0) is 60.6. The second-order valence-corrected chi connectivity index (χ2v) is 18.4. The first-order chi connectivity index (χ1) is 38.7. The number of amides is 7. The number of para-hydroxylation sites is 2. The third-order valence-corrected chi connectivity index (χ3v) is 10.8. The maximum Gasteiger partial charge on any atom is 0.408 e. The van der Waals surface area contributed by atoms with Gasteiger partial charge < -0.3 is 51.5 Å². The normalized spacial score (nSPS) is 11.3. The largest absolute Gasteiger partial charge is 0.462 e. The van der Waals surface area contributed by atoms with E-state index in [9.17, 15) is 63.9 Å². The zero-order valence-electron chi connectivity index (χ0n) is 44.1. The van der Waals surface area contributed by atoms with E-state index in [0.29, 0.717) is 21.9 Å². The number of nitrogens with zero attached hydrogens (tertiary/aromatic N) is 4. The van der Waals surface area contributed by atoms with Crippen molar-refractivity contribution in [3.63, 3.8) is 0 Å². The molecule has 0 bridgehead atoms. The Bertz CT molecular complexity index is 3280. The fourth-order valence-corrected chi connectivity index (χ4v) is 7.22. The third-order valence-electron chi connectivity index (χ3n) is 10.8. The molecule has 0 aliphatic rings. The van der Waals surface area contributed by atoms with Crippen LogP contribution in [0.5, 0.6) is 0 Å². The summed E-state index contributed by atoms with van der Waals surface area (Å²) in [5, 5.41) is 15.8. The molecule has 0 spiro atoms. The Balaban J connectivity index is 0.000000318.